The Morgan fingerprint density at radius 3 is 2.22 bits per heavy atom. The van der Waals surface area contributed by atoms with Gasteiger partial charge in [0.15, 0.2) is 5.82 Å². The molecule has 0 bridgehead atoms. The Kier molecular flexibility index (Phi) is 8.91. The van der Waals surface area contributed by atoms with Crippen LogP contribution in [-0.4, -0.2) is 71.9 Å². The average Bonchev–Trinajstić information content (AvgIpc) is 3.65. The van der Waals surface area contributed by atoms with Crippen molar-refractivity contribution in [2.24, 2.45) is 0 Å². The fraction of sp³-hybridized carbons (Fsp3) is 0.276. The molecule has 45 heavy (non-hydrogen) atoms. The van der Waals surface area contributed by atoms with Crippen molar-refractivity contribution in [3.63, 3.8) is 0 Å². The number of pyridine rings is 1. The van der Waals surface area contributed by atoms with Crippen LogP contribution >= 0.6 is 0 Å². The summed E-state index contributed by atoms with van der Waals surface area (Å²) in [6, 6.07) is 11.7. The molecule has 2 aromatic carbocycles. The fourth-order valence-electron chi connectivity index (χ4n) is 4.93. The molecule has 2 aromatic heterocycles. The molecule has 0 amide bonds. The third-order valence-corrected chi connectivity index (χ3v) is 9.00. The molecule has 0 spiro atoms. The van der Waals surface area contributed by atoms with Crippen molar-refractivity contribution in [2.75, 3.05) is 30.9 Å². The summed E-state index contributed by atoms with van der Waals surface area (Å²) in [5.41, 5.74) is 1.98. The van der Waals surface area contributed by atoms with Crippen LogP contribution in [-0.2, 0) is 15.0 Å². The molecule has 2 aliphatic rings. The fourth-order valence-corrected chi connectivity index (χ4v) is 6.23. The lowest BCUT2D eigenvalue weighted by Gasteiger charge is -2.27. The number of aromatic nitrogens is 2. The summed E-state index contributed by atoms with van der Waals surface area (Å²) in [6.07, 6.45) is -0.650. The molecule has 16 heteroatoms. The largest absolute Gasteiger partial charge is 0.490 e. The van der Waals surface area contributed by atoms with E-state index in [2.05, 4.69) is 32.1 Å². The van der Waals surface area contributed by atoms with Gasteiger partial charge in [-0.3, -0.25) is 9.52 Å². The van der Waals surface area contributed by atoms with Crippen LogP contribution in [0, 0.1) is 11.6 Å². The van der Waals surface area contributed by atoms with Crippen molar-refractivity contribution in [1.82, 2.24) is 19.6 Å². The van der Waals surface area contributed by atoms with E-state index < -0.39 is 51.0 Å². The molecular weight excluding hydrogens is 625 g/mol. The summed E-state index contributed by atoms with van der Waals surface area (Å²) in [5.74, 6) is -5.53. The summed E-state index contributed by atoms with van der Waals surface area (Å²) >= 11 is 0. The Morgan fingerprint density at radius 1 is 1.00 bits per heavy atom. The second-order valence-corrected chi connectivity index (χ2v) is 12.1. The number of halogens is 5. The third-order valence-electron chi connectivity index (χ3n) is 7.48. The lowest BCUT2D eigenvalue weighted by molar-refractivity contribution is -0.192. The quantitative estimate of drug-likeness (QED) is 0.166. The van der Waals surface area contributed by atoms with Crippen LogP contribution < -0.4 is 10.0 Å². The zero-order valence-corrected chi connectivity index (χ0v) is 24.1. The van der Waals surface area contributed by atoms with E-state index >= 15 is 4.39 Å². The number of hydrogen-bond donors (Lipinski definition) is 4. The predicted molar refractivity (Wildman–Crippen MR) is 154 cm³/mol. The molecule has 2 fully saturated rings. The molecule has 0 aliphatic carbocycles. The Hall–Kier alpha value is -4.41. The van der Waals surface area contributed by atoms with Crippen LogP contribution in [0.3, 0.4) is 0 Å². The van der Waals surface area contributed by atoms with Crippen LogP contribution in [0.5, 0.6) is 0 Å². The summed E-state index contributed by atoms with van der Waals surface area (Å²) < 4.78 is 90.6. The number of carbonyl (C=O) groups is 2. The minimum atomic E-state index is -5.08. The predicted octanol–water partition coefficient (Wildman–Crippen LogP) is 4.81. The average molecular weight is 652 g/mol. The number of aliphatic carboxylic acids is 1. The first-order valence-corrected chi connectivity index (χ1v) is 15.1. The van der Waals surface area contributed by atoms with E-state index in [9.17, 15) is 30.8 Å². The lowest BCUT2D eigenvalue weighted by atomic mass is 9.92. The van der Waals surface area contributed by atoms with E-state index in [1.54, 1.807) is 12.3 Å². The van der Waals surface area contributed by atoms with Gasteiger partial charge in [0.2, 0.25) is 5.78 Å². The van der Waals surface area contributed by atoms with Crippen molar-refractivity contribution < 1.29 is 45.1 Å². The van der Waals surface area contributed by atoms with Gasteiger partial charge in [-0.2, -0.15) is 25.9 Å². The highest BCUT2D eigenvalue weighted by Gasteiger charge is 2.38. The van der Waals surface area contributed by atoms with Crippen LogP contribution in [0.1, 0.15) is 40.2 Å². The number of carboxylic acids is 1. The second kappa shape index (κ2) is 12.5. The monoisotopic (exact) mass is 651 g/mol. The number of fused-ring (bicyclic) bond motifs is 1. The van der Waals surface area contributed by atoms with Gasteiger partial charge in [0.1, 0.15) is 11.5 Å². The standard InChI is InChI=1S/C27H25F2N5O3S.C2HF3O2/c28-22-7-8-23(33-38(36,37)34-9-1-2-10-34)25(29)24(22)26(35)21-15-32-27-20(21)11-18(14-31-27)16-3-5-17(6-4-16)19-12-30-13-19;3-2(4,5)1(6)7/h3-8,11,14-15,19,30,33H,1-2,9-10,12-13H2,(H,31,32);(H,6,7). The van der Waals surface area contributed by atoms with Gasteiger partial charge >= 0.3 is 22.4 Å². The van der Waals surface area contributed by atoms with Gasteiger partial charge in [0.05, 0.1) is 11.3 Å². The molecule has 2 saturated heterocycles. The minimum Gasteiger partial charge on any atom is -0.475 e. The molecule has 4 aromatic rings. The molecule has 0 unspecified atom stereocenters. The van der Waals surface area contributed by atoms with Gasteiger partial charge in [-0.05, 0) is 42.2 Å². The van der Waals surface area contributed by atoms with Gasteiger partial charge < -0.3 is 15.4 Å². The van der Waals surface area contributed by atoms with E-state index in [0.29, 0.717) is 42.9 Å². The number of ketones is 1. The van der Waals surface area contributed by atoms with E-state index in [1.807, 2.05) is 12.1 Å². The van der Waals surface area contributed by atoms with Crippen molar-refractivity contribution in [1.29, 1.82) is 0 Å². The van der Waals surface area contributed by atoms with E-state index in [0.717, 1.165) is 36.3 Å². The molecule has 6 rings (SSSR count). The van der Waals surface area contributed by atoms with Gasteiger partial charge in [0.25, 0.3) is 0 Å². The third kappa shape index (κ3) is 6.82. The number of H-pyrrole nitrogens is 1. The normalized spacial score (nSPS) is 15.8. The smallest absolute Gasteiger partial charge is 0.475 e. The molecule has 0 saturated carbocycles. The molecule has 4 heterocycles. The Morgan fingerprint density at radius 2 is 1.64 bits per heavy atom. The molecular formula is C29H26F5N5O5S. The van der Waals surface area contributed by atoms with Gasteiger partial charge in [-0.15, -0.1) is 0 Å². The minimum absolute atomic E-state index is 0.0314. The first kappa shape index (κ1) is 32.0. The van der Waals surface area contributed by atoms with Gasteiger partial charge in [-0.25, -0.2) is 18.6 Å². The molecule has 2 aliphatic heterocycles. The number of anilines is 1. The Balaban J connectivity index is 0.000000515. The number of aromatic amines is 1. The summed E-state index contributed by atoms with van der Waals surface area (Å²) in [6.45, 7) is 2.54. The van der Waals surface area contributed by atoms with Crippen LogP contribution in [0.2, 0.25) is 0 Å². The highest BCUT2D eigenvalue weighted by Crippen LogP contribution is 2.31. The van der Waals surface area contributed by atoms with E-state index in [4.69, 9.17) is 9.90 Å². The number of benzene rings is 2. The van der Waals surface area contributed by atoms with Crippen LogP contribution in [0.25, 0.3) is 22.2 Å². The second-order valence-electron chi connectivity index (χ2n) is 10.4. The van der Waals surface area contributed by atoms with Gasteiger partial charge in [-0.1, -0.05) is 24.3 Å². The highest BCUT2D eigenvalue weighted by atomic mass is 32.2. The Labute approximate surface area is 253 Å². The van der Waals surface area contributed by atoms with Crippen molar-refractivity contribution in [2.45, 2.75) is 24.9 Å². The number of alkyl halides is 3. The maximum absolute atomic E-state index is 15.4. The zero-order valence-electron chi connectivity index (χ0n) is 23.3. The summed E-state index contributed by atoms with van der Waals surface area (Å²) in [4.78, 5) is 29.6. The van der Waals surface area contributed by atoms with Crippen LogP contribution in [0.15, 0.2) is 54.9 Å². The number of nitrogens with one attached hydrogen (secondary N) is 3. The topological polar surface area (TPSA) is 144 Å². The van der Waals surface area contributed by atoms with E-state index in [-0.39, 0.29) is 5.56 Å². The molecule has 0 radical (unpaired) electrons. The Bertz CT molecular complexity index is 1850. The van der Waals surface area contributed by atoms with E-state index in [1.165, 1.54) is 16.1 Å². The summed E-state index contributed by atoms with van der Waals surface area (Å²) in [7, 11) is -4.03. The number of nitrogens with zero attached hydrogens (tertiary/aromatic N) is 2. The summed E-state index contributed by atoms with van der Waals surface area (Å²) in [5, 5.41) is 10.8. The van der Waals surface area contributed by atoms with Crippen LogP contribution in [0.4, 0.5) is 27.6 Å². The molecule has 10 nitrogen and oxygen atoms in total. The number of carboxylic acid groups (broad SMARTS) is 1. The molecule has 238 valence electrons. The molecule has 0 atom stereocenters. The maximum Gasteiger partial charge on any atom is 0.490 e. The van der Waals surface area contributed by atoms with Crippen molar-refractivity contribution in [3.05, 3.63) is 83.2 Å². The van der Waals surface area contributed by atoms with Gasteiger partial charge in [0, 0.05) is 61.0 Å². The highest BCUT2D eigenvalue weighted by molar-refractivity contribution is 7.90. The number of rotatable bonds is 7. The van der Waals surface area contributed by atoms with Crippen molar-refractivity contribution >= 4 is 38.7 Å². The first-order valence-electron chi connectivity index (χ1n) is 13.6. The first-order chi connectivity index (χ1) is 21.3. The maximum atomic E-state index is 15.4. The zero-order chi connectivity index (χ0) is 32.5. The molecule has 4 N–H and O–H groups in total. The van der Waals surface area contributed by atoms with Crippen molar-refractivity contribution in [3.8, 4) is 11.1 Å². The number of carbonyl (C=O) groups excluding carboxylic acids is 1. The SMILES string of the molecule is O=C(O)C(F)(F)F.O=C(c1c(F)ccc(NS(=O)(=O)N2CCCC2)c1F)c1c[nH]c2ncc(-c3ccc(C4CNC4)cc3)cc12. The number of hydrogen-bond acceptors (Lipinski definition) is 6. The lowest BCUT2D eigenvalue weighted by Crippen LogP contribution is -2.39.